The molecule has 1 aromatic heterocycles. The van der Waals surface area contributed by atoms with Crippen molar-refractivity contribution in [3.05, 3.63) is 43.8 Å². The van der Waals surface area contributed by atoms with E-state index in [4.69, 9.17) is 44.3 Å². The third-order valence-corrected chi connectivity index (χ3v) is 4.03. The van der Waals surface area contributed by atoms with Gasteiger partial charge in [0.1, 0.15) is 23.1 Å². The van der Waals surface area contributed by atoms with E-state index in [1.807, 2.05) is 0 Å². The Morgan fingerprint density at radius 3 is 2.46 bits per heavy atom. The first kappa shape index (κ1) is 18.4. The van der Waals surface area contributed by atoms with Crippen LogP contribution in [0.3, 0.4) is 0 Å². The highest BCUT2D eigenvalue weighted by Crippen LogP contribution is 2.35. The maximum atomic E-state index is 12.1. The summed E-state index contributed by atoms with van der Waals surface area (Å²) in [5, 5.41) is 6.44. The number of aromatic nitrogens is 2. The maximum Gasteiger partial charge on any atom is 0.287 e. The van der Waals surface area contributed by atoms with Crippen LogP contribution in [0.15, 0.2) is 23.1 Å². The second-order valence-corrected chi connectivity index (χ2v) is 5.70. The van der Waals surface area contributed by atoms with Crippen LogP contribution in [0.4, 0.5) is 5.69 Å². The number of nitrogens with zero attached hydrogens (tertiary/aromatic N) is 2. The van der Waals surface area contributed by atoms with Crippen molar-refractivity contribution >= 4 is 46.4 Å². The predicted octanol–water partition coefficient (Wildman–Crippen LogP) is 2.86. The molecule has 128 valence electrons. The third kappa shape index (κ3) is 3.92. The highest BCUT2D eigenvalue weighted by atomic mass is 35.5. The number of carbonyl (C=O) groups is 1. The van der Waals surface area contributed by atoms with Crippen molar-refractivity contribution < 1.29 is 14.3 Å². The molecule has 2 aromatic rings. The fraction of sp³-hybridized carbons (Fsp3) is 0.214. The van der Waals surface area contributed by atoms with Crippen molar-refractivity contribution in [3.63, 3.8) is 0 Å². The summed E-state index contributed by atoms with van der Waals surface area (Å²) in [5.74, 6) is 0.218. The Labute approximate surface area is 152 Å². The summed E-state index contributed by atoms with van der Waals surface area (Å²) in [4.78, 5) is 24.0. The highest BCUT2D eigenvalue weighted by molar-refractivity contribution is 6.41. The molecule has 0 saturated heterocycles. The number of benzene rings is 1. The Kier molecular flexibility index (Phi) is 5.93. The molecule has 0 atom stereocenters. The Morgan fingerprint density at radius 1 is 1.17 bits per heavy atom. The first-order valence-corrected chi connectivity index (χ1v) is 7.63. The molecule has 0 aliphatic heterocycles. The van der Waals surface area contributed by atoms with E-state index in [9.17, 15) is 9.59 Å². The molecule has 0 aliphatic carbocycles. The van der Waals surface area contributed by atoms with Crippen LogP contribution in [-0.2, 0) is 11.3 Å². The standard InChI is InChI=1S/C14H12Cl3N3O4/c1-23-10-4-11(24-2)9(3-7(10)15)19-12(21)6-20-14(22)13(17)8(16)5-18-20/h3-5H,6H2,1-2H3,(H,19,21). The fourth-order valence-corrected chi connectivity index (χ4v) is 2.35. The molecular formula is C14H12Cl3N3O4. The zero-order chi connectivity index (χ0) is 17.9. The minimum Gasteiger partial charge on any atom is -0.495 e. The number of hydrogen-bond donors (Lipinski definition) is 1. The van der Waals surface area contributed by atoms with Crippen molar-refractivity contribution in [2.24, 2.45) is 0 Å². The molecule has 1 heterocycles. The zero-order valence-electron chi connectivity index (χ0n) is 12.6. The van der Waals surface area contributed by atoms with Crippen LogP contribution < -0.4 is 20.3 Å². The van der Waals surface area contributed by atoms with Gasteiger partial charge < -0.3 is 14.8 Å². The molecule has 10 heteroatoms. The van der Waals surface area contributed by atoms with E-state index in [0.717, 1.165) is 4.68 Å². The Bertz CT molecular complexity index is 839. The molecule has 0 spiro atoms. The Hall–Kier alpha value is -1.96. The summed E-state index contributed by atoms with van der Waals surface area (Å²) >= 11 is 17.5. The largest absolute Gasteiger partial charge is 0.495 e. The van der Waals surface area contributed by atoms with Crippen LogP contribution in [-0.4, -0.2) is 29.9 Å². The van der Waals surface area contributed by atoms with Crippen LogP contribution in [0.25, 0.3) is 0 Å². The molecule has 24 heavy (non-hydrogen) atoms. The number of amides is 1. The summed E-state index contributed by atoms with van der Waals surface area (Å²) in [6, 6.07) is 3.00. The molecule has 7 nitrogen and oxygen atoms in total. The lowest BCUT2D eigenvalue weighted by molar-refractivity contribution is -0.117. The fourth-order valence-electron chi connectivity index (χ4n) is 1.84. The number of methoxy groups -OCH3 is 2. The molecule has 1 N–H and O–H groups in total. The van der Waals surface area contributed by atoms with Crippen LogP contribution in [0.5, 0.6) is 11.5 Å². The number of ether oxygens (including phenoxy) is 2. The molecule has 1 aromatic carbocycles. The number of hydrogen-bond acceptors (Lipinski definition) is 5. The SMILES string of the molecule is COc1cc(OC)c(NC(=O)Cn2ncc(Cl)c(Cl)c2=O)cc1Cl. The molecule has 0 aliphatic rings. The summed E-state index contributed by atoms with van der Waals surface area (Å²) in [6.07, 6.45) is 1.18. The quantitative estimate of drug-likeness (QED) is 0.846. The Balaban J connectivity index is 2.23. The minimum atomic E-state index is -0.668. The van der Waals surface area contributed by atoms with Crippen molar-refractivity contribution in [3.8, 4) is 11.5 Å². The van der Waals surface area contributed by atoms with Gasteiger partial charge in [-0.3, -0.25) is 9.59 Å². The summed E-state index contributed by atoms with van der Waals surface area (Å²) in [5.41, 5.74) is -0.347. The monoisotopic (exact) mass is 391 g/mol. The van der Waals surface area contributed by atoms with Crippen molar-refractivity contribution in [1.82, 2.24) is 9.78 Å². The molecule has 1 amide bonds. The summed E-state index contributed by atoms with van der Waals surface area (Å²) in [6.45, 7) is -0.359. The number of anilines is 1. The van der Waals surface area contributed by atoms with Crippen molar-refractivity contribution in [1.29, 1.82) is 0 Å². The maximum absolute atomic E-state index is 12.1. The van der Waals surface area contributed by atoms with Gasteiger partial charge in [0.05, 0.1) is 36.1 Å². The van der Waals surface area contributed by atoms with Gasteiger partial charge in [-0.2, -0.15) is 5.10 Å². The van der Waals surface area contributed by atoms with E-state index in [1.165, 1.54) is 32.5 Å². The smallest absolute Gasteiger partial charge is 0.287 e. The topological polar surface area (TPSA) is 82.4 Å². The zero-order valence-corrected chi connectivity index (χ0v) is 14.9. The molecular weight excluding hydrogens is 381 g/mol. The number of carbonyl (C=O) groups excluding carboxylic acids is 1. The molecule has 0 saturated carbocycles. The van der Waals surface area contributed by atoms with E-state index >= 15 is 0 Å². The lowest BCUT2D eigenvalue weighted by Gasteiger charge is -2.13. The van der Waals surface area contributed by atoms with E-state index < -0.39 is 11.5 Å². The van der Waals surface area contributed by atoms with E-state index in [-0.39, 0.29) is 16.6 Å². The lowest BCUT2D eigenvalue weighted by atomic mass is 10.2. The number of halogens is 3. The predicted molar refractivity (Wildman–Crippen MR) is 91.7 cm³/mol. The van der Waals surface area contributed by atoms with E-state index in [1.54, 1.807) is 0 Å². The highest BCUT2D eigenvalue weighted by Gasteiger charge is 2.15. The van der Waals surface area contributed by atoms with Crippen LogP contribution >= 0.6 is 34.8 Å². The minimum absolute atomic E-state index is 0.0157. The van der Waals surface area contributed by atoms with Gasteiger partial charge in [-0.05, 0) is 6.07 Å². The summed E-state index contributed by atoms with van der Waals surface area (Å²) in [7, 11) is 2.89. The van der Waals surface area contributed by atoms with Gasteiger partial charge >= 0.3 is 0 Å². The molecule has 0 fully saturated rings. The van der Waals surface area contributed by atoms with Gasteiger partial charge in [-0.15, -0.1) is 0 Å². The number of nitrogens with one attached hydrogen (secondary N) is 1. The number of rotatable bonds is 5. The third-order valence-electron chi connectivity index (χ3n) is 2.98. The molecule has 0 radical (unpaired) electrons. The second kappa shape index (κ2) is 7.74. The molecule has 0 bridgehead atoms. The average Bonchev–Trinajstić information content (AvgIpc) is 2.55. The summed E-state index contributed by atoms with van der Waals surface area (Å²) < 4.78 is 11.1. The van der Waals surface area contributed by atoms with Crippen molar-refractivity contribution in [2.45, 2.75) is 6.54 Å². The lowest BCUT2D eigenvalue weighted by Crippen LogP contribution is -2.30. The normalized spacial score (nSPS) is 10.4. The van der Waals surface area contributed by atoms with Crippen LogP contribution in [0.2, 0.25) is 15.1 Å². The van der Waals surface area contributed by atoms with E-state index in [0.29, 0.717) is 22.2 Å². The van der Waals surface area contributed by atoms with Gasteiger partial charge in [0.25, 0.3) is 5.56 Å². The van der Waals surface area contributed by atoms with Crippen molar-refractivity contribution in [2.75, 3.05) is 19.5 Å². The van der Waals surface area contributed by atoms with Gasteiger partial charge in [0.15, 0.2) is 0 Å². The Morgan fingerprint density at radius 2 is 1.83 bits per heavy atom. The van der Waals surface area contributed by atoms with Crippen LogP contribution in [0, 0.1) is 0 Å². The van der Waals surface area contributed by atoms with Gasteiger partial charge in [-0.25, -0.2) is 4.68 Å². The molecule has 2 rings (SSSR count). The first-order chi connectivity index (χ1) is 11.4. The average molecular weight is 393 g/mol. The second-order valence-electron chi connectivity index (χ2n) is 4.50. The molecule has 0 unspecified atom stereocenters. The first-order valence-electron chi connectivity index (χ1n) is 6.49. The van der Waals surface area contributed by atoms with Gasteiger partial charge in [-0.1, -0.05) is 34.8 Å². The van der Waals surface area contributed by atoms with E-state index in [2.05, 4.69) is 10.4 Å². The van der Waals surface area contributed by atoms with Crippen LogP contribution in [0.1, 0.15) is 0 Å². The van der Waals surface area contributed by atoms with Gasteiger partial charge in [0, 0.05) is 6.07 Å². The van der Waals surface area contributed by atoms with Gasteiger partial charge in [0.2, 0.25) is 5.91 Å².